The second kappa shape index (κ2) is 4.88. The lowest BCUT2D eigenvalue weighted by Crippen LogP contribution is -2.35. The molecule has 5 nitrogen and oxygen atoms in total. The van der Waals surface area contributed by atoms with Crippen LogP contribution in [0.5, 0.6) is 0 Å². The Morgan fingerprint density at radius 3 is 3.17 bits per heavy atom. The van der Waals surface area contributed by atoms with Crippen molar-refractivity contribution in [1.82, 2.24) is 9.55 Å². The van der Waals surface area contributed by atoms with Crippen LogP contribution in [0.4, 0.5) is 0 Å². The summed E-state index contributed by atoms with van der Waals surface area (Å²) in [6.45, 7) is 2.28. The first-order chi connectivity index (χ1) is 8.84. The number of rotatable bonds is 2. The third-order valence-corrected chi connectivity index (χ3v) is 3.03. The maximum atomic E-state index is 12.2. The van der Waals surface area contributed by atoms with Gasteiger partial charge in [-0.25, -0.2) is 0 Å². The highest BCUT2D eigenvalue weighted by Gasteiger charge is 2.15. The first kappa shape index (κ1) is 11.4. The molecule has 0 spiro atoms. The van der Waals surface area contributed by atoms with E-state index in [1.165, 1.54) is 0 Å². The molecule has 0 aromatic carbocycles. The Morgan fingerprint density at radius 1 is 1.39 bits per heavy atom. The molecule has 1 fully saturated rings. The molecule has 2 aromatic rings. The third kappa shape index (κ3) is 2.14. The summed E-state index contributed by atoms with van der Waals surface area (Å²) < 4.78 is 12.5. The fraction of sp³-hybridized carbons (Fsp3) is 0.385. The van der Waals surface area contributed by atoms with Crippen molar-refractivity contribution in [3.63, 3.8) is 0 Å². The van der Waals surface area contributed by atoms with Crippen molar-refractivity contribution in [3.8, 4) is 0 Å². The summed E-state index contributed by atoms with van der Waals surface area (Å²) in [5.41, 5.74) is 0.689. The van der Waals surface area contributed by atoms with Crippen LogP contribution >= 0.6 is 0 Å². The fourth-order valence-electron chi connectivity index (χ4n) is 2.12. The van der Waals surface area contributed by atoms with Crippen molar-refractivity contribution >= 4 is 10.9 Å². The zero-order valence-electron chi connectivity index (χ0n) is 9.91. The highest BCUT2D eigenvalue weighted by molar-refractivity contribution is 5.76. The van der Waals surface area contributed by atoms with Gasteiger partial charge in [-0.1, -0.05) is 0 Å². The summed E-state index contributed by atoms with van der Waals surface area (Å²) in [5.74, 6) is 0. The van der Waals surface area contributed by atoms with E-state index >= 15 is 0 Å². The zero-order valence-corrected chi connectivity index (χ0v) is 9.91. The zero-order chi connectivity index (χ0) is 12.4. The van der Waals surface area contributed by atoms with E-state index in [0.29, 0.717) is 31.8 Å². The minimum atomic E-state index is -0.0504. The molecular formula is C13H14N2O3. The summed E-state index contributed by atoms with van der Waals surface area (Å²) >= 11 is 0. The van der Waals surface area contributed by atoms with Gasteiger partial charge in [-0.15, -0.1) is 0 Å². The Kier molecular flexibility index (Phi) is 3.08. The van der Waals surface area contributed by atoms with Crippen molar-refractivity contribution in [3.05, 3.63) is 40.9 Å². The van der Waals surface area contributed by atoms with E-state index in [2.05, 4.69) is 4.98 Å². The van der Waals surface area contributed by atoms with E-state index in [4.69, 9.17) is 9.47 Å². The molecule has 1 atom stereocenters. The predicted molar refractivity (Wildman–Crippen MR) is 66.6 cm³/mol. The lowest BCUT2D eigenvalue weighted by atomic mass is 10.2. The number of aromatic nitrogens is 2. The number of hydrogen-bond acceptors (Lipinski definition) is 4. The number of ether oxygens (including phenoxy) is 2. The van der Waals surface area contributed by atoms with Gasteiger partial charge in [-0.3, -0.25) is 9.78 Å². The molecule has 0 N–H and O–H groups in total. The Bertz CT molecular complexity index is 602. The van der Waals surface area contributed by atoms with Crippen molar-refractivity contribution in [2.24, 2.45) is 0 Å². The van der Waals surface area contributed by atoms with Crippen LogP contribution in [-0.4, -0.2) is 35.5 Å². The van der Waals surface area contributed by atoms with Gasteiger partial charge in [0.25, 0.3) is 5.56 Å². The molecule has 18 heavy (non-hydrogen) atoms. The number of nitrogens with zero attached hydrogens (tertiary/aromatic N) is 2. The molecule has 0 amide bonds. The molecule has 0 aliphatic carbocycles. The lowest BCUT2D eigenvalue weighted by Gasteiger charge is -2.23. The number of fused-ring (bicyclic) bond motifs is 1. The maximum Gasteiger partial charge on any atom is 0.260 e. The van der Waals surface area contributed by atoms with E-state index < -0.39 is 0 Å². The molecule has 3 heterocycles. The van der Waals surface area contributed by atoms with Crippen LogP contribution in [-0.2, 0) is 16.0 Å². The second-order valence-corrected chi connectivity index (χ2v) is 4.28. The monoisotopic (exact) mass is 246 g/mol. The van der Waals surface area contributed by atoms with Crippen molar-refractivity contribution in [2.75, 3.05) is 19.8 Å². The van der Waals surface area contributed by atoms with Crippen LogP contribution in [0, 0.1) is 0 Å². The highest BCUT2D eigenvalue weighted by Crippen LogP contribution is 2.07. The van der Waals surface area contributed by atoms with Crippen LogP contribution in [0.25, 0.3) is 10.9 Å². The molecule has 1 saturated heterocycles. The highest BCUT2D eigenvalue weighted by atomic mass is 16.6. The molecule has 2 aromatic heterocycles. The van der Waals surface area contributed by atoms with E-state index in [1.54, 1.807) is 29.1 Å². The third-order valence-electron chi connectivity index (χ3n) is 3.03. The average molecular weight is 246 g/mol. The molecular weight excluding hydrogens is 232 g/mol. The minimum absolute atomic E-state index is 0.0326. The van der Waals surface area contributed by atoms with Crippen LogP contribution in [0.3, 0.4) is 0 Å². The van der Waals surface area contributed by atoms with Gasteiger partial charge in [0.05, 0.1) is 43.4 Å². The number of pyridine rings is 2. The van der Waals surface area contributed by atoms with Gasteiger partial charge in [-0.2, -0.15) is 0 Å². The SMILES string of the molecule is O=c1c2cccnc2ccn1C[C@H]1COCCO1. The first-order valence-corrected chi connectivity index (χ1v) is 5.98. The lowest BCUT2D eigenvalue weighted by molar-refractivity contribution is -0.0938. The van der Waals surface area contributed by atoms with E-state index in [1.807, 2.05) is 6.07 Å². The molecule has 0 radical (unpaired) electrons. The molecule has 0 saturated carbocycles. The van der Waals surface area contributed by atoms with Crippen LogP contribution in [0.2, 0.25) is 0 Å². The summed E-state index contributed by atoms with van der Waals surface area (Å²) in [5, 5.41) is 0.636. The van der Waals surface area contributed by atoms with Crippen LogP contribution in [0.15, 0.2) is 35.4 Å². The largest absolute Gasteiger partial charge is 0.376 e. The van der Waals surface area contributed by atoms with Crippen molar-refractivity contribution in [2.45, 2.75) is 12.6 Å². The van der Waals surface area contributed by atoms with Crippen LogP contribution < -0.4 is 5.56 Å². The average Bonchev–Trinajstić information content (AvgIpc) is 2.43. The molecule has 0 unspecified atom stereocenters. The second-order valence-electron chi connectivity index (χ2n) is 4.28. The molecule has 1 aliphatic heterocycles. The van der Waals surface area contributed by atoms with Crippen LogP contribution in [0.1, 0.15) is 0 Å². The molecule has 5 heteroatoms. The topological polar surface area (TPSA) is 53.4 Å². The van der Waals surface area contributed by atoms with Gasteiger partial charge >= 0.3 is 0 Å². The van der Waals surface area contributed by atoms with Gasteiger partial charge in [0.1, 0.15) is 0 Å². The Hall–Kier alpha value is -1.72. The van der Waals surface area contributed by atoms with Gasteiger partial charge < -0.3 is 14.0 Å². The molecule has 3 rings (SSSR count). The molecule has 1 aliphatic rings. The molecule has 0 bridgehead atoms. The summed E-state index contributed by atoms with van der Waals surface area (Å²) in [7, 11) is 0. The van der Waals surface area contributed by atoms with Gasteiger partial charge in [-0.05, 0) is 18.2 Å². The van der Waals surface area contributed by atoms with Gasteiger partial charge in [0, 0.05) is 12.4 Å². The smallest absolute Gasteiger partial charge is 0.260 e. The van der Waals surface area contributed by atoms with Gasteiger partial charge in [0.2, 0.25) is 0 Å². The van der Waals surface area contributed by atoms with Crippen molar-refractivity contribution in [1.29, 1.82) is 0 Å². The quantitative estimate of drug-likeness (QED) is 0.787. The normalized spacial score (nSPS) is 20.1. The first-order valence-electron chi connectivity index (χ1n) is 5.98. The standard InChI is InChI=1S/C13H14N2O3/c16-13-11-2-1-4-14-12(11)3-5-15(13)8-10-9-17-6-7-18-10/h1-5,10H,6-9H2/t10-/m0/s1. The predicted octanol–water partition coefficient (Wildman–Crippen LogP) is 0.812. The summed E-state index contributed by atoms with van der Waals surface area (Å²) in [6, 6.07) is 5.41. The molecule has 94 valence electrons. The van der Waals surface area contributed by atoms with Gasteiger partial charge in [0.15, 0.2) is 0 Å². The Labute approximate surface area is 104 Å². The van der Waals surface area contributed by atoms with Crippen molar-refractivity contribution < 1.29 is 9.47 Å². The minimum Gasteiger partial charge on any atom is -0.376 e. The summed E-state index contributed by atoms with van der Waals surface area (Å²) in [4.78, 5) is 16.4. The Morgan fingerprint density at radius 2 is 2.33 bits per heavy atom. The van der Waals surface area contributed by atoms with E-state index in [-0.39, 0.29) is 11.7 Å². The van der Waals surface area contributed by atoms with E-state index in [0.717, 1.165) is 5.52 Å². The summed E-state index contributed by atoms with van der Waals surface area (Å²) in [6.07, 6.45) is 3.39. The maximum absolute atomic E-state index is 12.2. The Balaban J connectivity index is 1.92. The van der Waals surface area contributed by atoms with E-state index in [9.17, 15) is 4.79 Å². The number of hydrogen-bond donors (Lipinski definition) is 0. The fourth-order valence-corrected chi connectivity index (χ4v) is 2.12.